The first kappa shape index (κ1) is 52.8. The number of hydrogen-bond donors (Lipinski definition) is 0. The molecule has 0 aliphatic heterocycles. The molecule has 2 aromatic rings. The van der Waals surface area contributed by atoms with Crippen molar-refractivity contribution in [2.75, 3.05) is 0 Å². The number of halogens is 2. The third-order valence-electron chi connectivity index (χ3n) is 17.3. The van der Waals surface area contributed by atoms with Crippen molar-refractivity contribution in [2.45, 2.75) is 121 Å². The van der Waals surface area contributed by atoms with E-state index in [9.17, 15) is 0 Å². The average molecular weight is 956 g/mol. The van der Waals surface area contributed by atoms with E-state index in [2.05, 4.69) is 243 Å². The Morgan fingerprint density at radius 2 is 0.968 bits per heavy atom. The van der Waals surface area contributed by atoms with Crippen LogP contribution in [0.4, 0.5) is 0 Å². The van der Waals surface area contributed by atoms with Crippen molar-refractivity contribution in [1.82, 2.24) is 0 Å². The molecule has 2 aromatic carbocycles. The van der Waals surface area contributed by atoms with Crippen molar-refractivity contribution >= 4 is 3.21 Å². The number of rotatable bonds is 2. The van der Waals surface area contributed by atoms with E-state index in [0.29, 0.717) is 5.92 Å². The van der Waals surface area contributed by atoms with E-state index >= 15 is 0 Å². The smallest absolute Gasteiger partial charge is 0.00455 e. The third kappa shape index (κ3) is 8.46. The minimum Gasteiger partial charge on any atom is -1.00 e. The molecule has 9 rings (SSSR count). The average Bonchev–Trinajstić information content (AvgIpc) is 4.04. The van der Waals surface area contributed by atoms with Crippen molar-refractivity contribution < 1.29 is 49.0 Å². The van der Waals surface area contributed by atoms with Gasteiger partial charge in [0, 0.05) is 10.8 Å². The number of allylic oxidation sites excluding steroid dienone is 20. The van der Waals surface area contributed by atoms with Crippen LogP contribution in [0.5, 0.6) is 0 Å². The van der Waals surface area contributed by atoms with Gasteiger partial charge in [-0.3, -0.25) is 12.2 Å². The molecular formula is C60H73Cl2Zr-3. The first-order valence-electron chi connectivity index (χ1n) is 22.7. The SMILES string of the molecule is CC(C)(C)c1ccc([C](=[Zr+2])c2ccc(C(C)(C)C)cc2)cc1.CC1=CC=CC2[CH-]C3(C)C4(C)C=CC=CC4(C)C4(C)C=CC=CC4(C)C3(C)C12C.[C-]1=CC=CC1.[C-]1=CC=CC1.[Cl-].[Cl-]. The predicted octanol–water partition coefficient (Wildman–Crippen LogP) is 9.66. The largest absolute Gasteiger partial charge is 1.00 e. The number of fused-ring (bicyclic) bond motifs is 8. The number of benzene rings is 2. The van der Waals surface area contributed by atoms with Crippen LogP contribution < -0.4 is 24.8 Å². The van der Waals surface area contributed by atoms with Crippen molar-refractivity contribution in [3.05, 3.63) is 198 Å². The minimum absolute atomic E-state index is 0. The maximum Gasteiger partial charge on any atom is 0.00455 e. The van der Waals surface area contributed by atoms with Gasteiger partial charge in [-0.25, -0.2) is 24.3 Å². The molecular weight excluding hydrogens is 883 g/mol. The molecule has 0 amide bonds. The van der Waals surface area contributed by atoms with Gasteiger partial charge in [-0.05, 0) is 28.6 Å². The standard InChI is InChI=1S/C29H37.C21H26.2C5H5.2ClH.Zr/c1-21-14-13-15-22-20-27(6)25(4)18-10-9-16-23(25,2)24(3)17-11-12-19-26(24,5)29(27,8)28(21,22)7;1-20(2,3)18-11-7-16(8-12-18)15-17-9-13-19(14-10-17)21(4,5)6;2*1-2-4-5-3-1;;;/h9-20,22H,1-8H3;7-14H,1-6H3;2*1-3H,4H2;2*1H;/q-1;;2*-1;;;+2/p-2. The van der Waals surface area contributed by atoms with Crippen LogP contribution in [0.25, 0.3) is 0 Å². The van der Waals surface area contributed by atoms with Gasteiger partial charge < -0.3 is 31.2 Å². The number of hydrogen-bond acceptors (Lipinski definition) is 0. The third-order valence-corrected chi connectivity index (χ3v) is 18.7. The fourth-order valence-electron chi connectivity index (χ4n) is 12.4. The molecule has 3 heteroatoms. The van der Waals surface area contributed by atoms with Crippen LogP contribution in [0.2, 0.25) is 0 Å². The Hall–Kier alpha value is -2.83. The van der Waals surface area contributed by atoms with Gasteiger partial charge in [0.15, 0.2) is 0 Å². The van der Waals surface area contributed by atoms with E-state index in [1.807, 2.05) is 24.3 Å². The zero-order chi connectivity index (χ0) is 44.8. The van der Waals surface area contributed by atoms with Crippen LogP contribution in [0, 0.1) is 62.4 Å². The quantitative estimate of drug-likeness (QED) is 0.264. The molecule has 2 saturated carbocycles. The van der Waals surface area contributed by atoms with Gasteiger partial charge in [0.05, 0.1) is 0 Å². The molecule has 8 unspecified atom stereocenters. The minimum atomic E-state index is 0. The molecule has 2 fully saturated rings. The maximum atomic E-state index is 2.99. The van der Waals surface area contributed by atoms with E-state index < -0.39 is 0 Å². The summed E-state index contributed by atoms with van der Waals surface area (Å²) in [4.78, 5) is 0. The summed E-state index contributed by atoms with van der Waals surface area (Å²) in [7, 11) is 0. The van der Waals surface area contributed by atoms with Crippen molar-refractivity contribution in [1.29, 1.82) is 0 Å². The summed E-state index contributed by atoms with van der Waals surface area (Å²) in [5.41, 5.74) is 7.63. The van der Waals surface area contributed by atoms with Crippen molar-refractivity contribution in [2.24, 2.45) is 43.8 Å². The summed E-state index contributed by atoms with van der Waals surface area (Å²) in [6.45, 7) is 33.9. The molecule has 0 bridgehead atoms. The summed E-state index contributed by atoms with van der Waals surface area (Å²) in [5.74, 6) is 0.460. The Balaban J connectivity index is 0.000000225. The van der Waals surface area contributed by atoms with Gasteiger partial charge in [0.25, 0.3) is 0 Å². The molecule has 0 heterocycles. The zero-order valence-corrected chi connectivity index (χ0v) is 44.7. The molecule has 63 heavy (non-hydrogen) atoms. The van der Waals surface area contributed by atoms with Crippen molar-refractivity contribution in [3.8, 4) is 0 Å². The second kappa shape index (κ2) is 19.2. The van der Waals surface area contributed by atoms with E-state index in [1.165, 1.54) is 55.3 Å². The fraction of sp³-hybridized carbons (Fsp3) is 0.433. The topological polar surface area (TPSA) is 0 Å². The van der Waals surface area contributed by atoms with Crippen LogP contribution in [0.1, 0.15) is 132 Å². The molecule has 0 saturated heterocycles. The summed E-state index contributed by atoms with van der Waals surface area (Å²) in [5, 5.41) is 0. The summed E-state index contributed by atoms with van der Waals surface area (Å²) < 4.78 is 1.42. The predicted molar refractivity (Wildman–Crippen MR) is 261 cm³/mol. The molecule has 0 radical (unpaired) electrons. The molecule has 0 aromatic heterocycles. The molecule has 334 valence electrons. The van der Waals surface area contributed by atoms with Crippen LogP contribution in [-0.4, -0.2) is 3.21 Å². The Labute approximate surface area is 411 Å². The normalized spacial score (nSPS) is 34.3. The van der Waals surface area contributed by atoms with E-state index in [0.717, 1.165) is 12.8 Å². The van der Waals surface area contributed by atoms with Gasteiger partial charge in [-0.15, -0.1) is 30.3 Å². The van der Waals surface area contributed by atoms with E-state index in [4.69, 9.17) is 0 Å². The monoisotopic (exact) mass is 953 g/mol. The summed E-state index contributed by atoms with van der Waals surface area (Å²) in [6.07, 6.45) is 49.3. The molecule has 0 N–H and O–H groups in total. The Morgan fingerprint density at radius 1 is 0.571 bits per heavy atom. The second-order valence-corrected chi connectivity index (χ2v) is 23.0. The van der Waals surface area contributed by atoms with Crippen LogP contribution >= 0.6 is 0 Å². The first-order valence-corrected chi connectivity index (χ1v) is 23.9. The molecule has 7 aliphatic carbocycles. The van der Waals surface area contributed by atoms with Crippen molar-refractivity contribution in [3.63, 3.8) is 0 Å². The van der Waals surface area contributed by atoms with Gasteiger partial charge in [0.1, 0.15) is 0 Å². The van der Waals surface area contributed by atoms with Gasteiger partial charge in [-0.2, -0.15) is 12.2 Å². The van der Waals surface area contributed by atoms with Crippen LogP contribution in [0.15, 0.2) is 157 Å². The Kier molecular flexibility index (Phi) is 16.1. The summed E-state index contributed by atoms with van der Waals surface area (Å²) >= 11 is 1.46. The molecule has 7 aliphatic rings. The first-order chi connectivity index (χ1) is 28.5. The van der Waals surface area contributed by atoms with Gasteiger partial charge in [0.2, 0.25) is 0 Å². The van der Waals surface area contributed by atoms with E-state index in [1.54, 1.807) is 0 Å². The Morgan fingerprint density at radius 3 is 1.33 bits per heavy atom. The van der Waals surface area contributed by atoms with Gasteiger partial charge in [-0.1, -0.05) is 115 Å². The summed E-state index contributed by atoms with van der Waals surface area (Å²) in [6, 6.07) is 18.1. The second-order valence-electron chi connectivity index (χ2n) is 21.7. The van der Waals surface area contributed by atoms with Crippen LogP contribution in [-0.2, 0) is 35.1 Å². The maximum absolute atomic E-state index is 2.99. The van der Waals surface area contributed by atoms with E-state index in [-0.39, 0.29) is 73.5 Å². The zero-order valence-electron chi connectivity index (χ0n) is 40.8. The van der Waals surface area contributed by atoms with Crippen LogP contribution in [0.3, 0.4) is 0 Å². The molecule has 0 spiro atoms. The molecule has 0 nitrogen and oxygen atoms in total. The van der Waals surface area contributed by atoms with Gasteiger partial charge >= 0.3 is 151 Å². The molecule has 8 atom stereocenters. The fourth-order valence-corrected chi connectivity index (χ4v) is 13.2. The Bertz CT molecular complexity index is 2170.